The normalized spacial score (nSPS) is 12.2. The van der Waals surface area contributed by atoms with Gasteiger partial charge in [-0.25, -0.2) is 4.79 Å². The van der Waals surface area contributed by atoms with Crippen LogP contribution in [0, 0.1) is 0 Å². The van der Waals surface area contributed by atoms with Gasteiger partial charge in [0, 0.05) is 6.42 Å². The third-order valence-electron chi connectivity index (χ3n) is 0.821. The molecule has 0 saturated heterocycles. The van der Waals surface area contributed by atoms with Crippen molar-refractivity contribution in [3.05, 3.63) is 0 Å². The fourth-order valence-electron chi connectivity index (χ4n) is 0.328. The van der Waals surface area contributed by atoms with E-state index in [4.69, 9.17) is 5.11 Å². The quantitative estimate of drug-likeness (QED) is 0.330. The van der Waals surface area contributed by atoms with Gasteiger partial charge in [0.05, 0.1) is 6.61 Å². The molecule has 0 aliphatic heterocycles. The Morgan fingerprint density at radius 1 is 1.80 bits per heavy atom. The molecule has 0 spiro atoms. The predicted molar refractivity (Wildman–Crippen MR) is 33.3 cm³/mol. The van der Waals surface area contributed by atoms with Crippen LogP contribution in [0.1, 0.15) is 13.3 Å². The lowest BCUT2D eigenvalue weighted by Crippen LogP contribution is -2.19. The molecule has 1 N–H and O–H groups in total. The summed E-state index contributed by atoms with van der Waals surface area (Å²) in [5.74, 6) is -0.693. The van der Waals surface area contributed by atoms with Crippen LogP contribution in [0.5, 0.6) is 0 Å². The first-order chi connectivity index (χ1) is 4.68. The number of rotatable bonds is 4. The summed E-state index contributed by atoms with van der Waals surface area (Å²) in [5.41, 5.74) is 0. The van der Waals surface area contributed by atoms with E-state index in [0.29, 0.717) is 6.29 Å². The monoisotopic (exact) mass is 146 g/mol. The van der Waals surface area contributed by atoms with Gasteiger partial charge in [0.1, 0.15) is 12.4 Å². The number of aldehydes is 1. The number of esters is 1. The van der Waals surface area contributed by atoms with Crippen LogP contribution in [0.25, 0.3) is 0 Å². The van der Waals surface area contributed by atoms with E-state index in [2.05, 4.69) is 4.74 Å². The molecule has 0 aromatic heterocycles. The first-order valence-electron chi connectivity index (χ1n) is 2.97. The van der Waals surface area contributed by atoms with Gasteiger partial charge in [-0.3, -0.25) is 0 Å². The summed E-state index contributed by atoms with van der Waals surface area (Å²) in [7, 11) is 0. The highest BCUT2D eigenvalue weighted by molar-refractivity contribution is 5.73. The summed E-state index contributed by atoms with van der Waals surface area (Å²) < 4.78 is 4.42. The number of ether oxygens (including phenoxy) is 1. The van der Waals surface area contributed by atoms with E-state index in [1.54, 1.807) is 0 Å². The van der Waals surface area contributed by atoms with Crippen LogP contribution in [-0.2, 0) is 14.3 Å². The van der Waals surface area contributed by atoms with Crippen molar-refractivity contribution < 1.29 is 19.4 Å². The molecule has 0 amide bonds. The van der Waals surface area contributed by atoms with E-state index in [-0.39, 0.29) is 13.0 Å². The lowest BCUT2D eigenvalue weighted by Gasteiger charge is -2.02. The van der Waals surface area contributed by atoms with Crippen molar-refractivity contribution in [3.8, 4) is 0 Å². The van der Waals surface area contributed by atoms with E-state index in [0.717, 1.165) is 0 Å². The Bertz CT molecular complexity index is 119. The summed E-state index contributed by atoms with van der Waals surface area (Å²) in [4.78, 5) is 20.1. The second-order valence-electron chi connectivity index (χ2n) is 1.80. The van der Waals surface area contributed by atoms with Crippen molar-refractivity contribution >= 4 is 12.3 Å². The minimum atomic E-state index is -1.10. The Kier molecular flexibility index (Phi) is 4.49. The first-order valence-corrected chi connectivity index (χ1v) is 2.97. The van der Waals surface area contributed by atoms with E-state index in [1.165, 1.54) is 6.92 Å². The number of carbonyl (C=O) groups excluding carboxylic acids is 2. The maximum Gasteiger partial charge on any atom is 0.334 e. The largest absolute Gasteiger partial charge is 0.463 e. The fourth-order valence-corrected chi connectivity index (χ4v) is 0.328. The van der Waals surface area contributed by atoms with Gasteiger partial charge in [0.15, 0.2) is 0 Å². The molecular weight excluding hydrogens is 136 g/mol. The van der Waals surface area contributed by atoms with Crippen LogP contribution in [0.4, 0.5) is 0 Å². The number of aliphatic hydroxyl groups is 1. The van der Waals surface area contributed by atoms with E-state index < -0.39 is 12.1 Å². The number of hydrogen-bond acceptors (Lipinski definition) is 4. The van der Waals surface area contributed by atoms with Crippen molar-refractivity contribution in [2.24, 2.45) is 0 Å². The van der Waals surface area contributed by atoms with Crippen LogP contribution in [0.2, 0.25) is 0 Å². The van der Waals surface area contributed by atoms with Gasteiger partial charge in [0.2, 0.25) is 0 Å². The summed E-state index contributed by atoms with van der Waals surface area (Å²) in [6.45, 7) is 1.36. The average molecular weight is 146 g/mol. The Morgan fingerprint density at radius 2 is 2.40 bits per heavy atom. The molecule has 0 aliphatic rings. The van der Waals surface area contributed by atoms with Crippen LogP contribution in [0.15, 0.2) is 0 Å². The lowest BCUT2D eigenvalue weighted by atomic mass is 10.4. The highest BCUT2D eigenvalue weighted by Gasteiger charge is 2.08. The molecule has 0 aromatic carbocycles. The van der Waals surface area contributed by atoms with Gasteiger partial charge in [-0.05, 0) is 6.92 Å². The van der Waals surface area contributed by atoms with E-state index in [1.807, 2.05) is 0 Å². The Labute approximate surface area is 58.8 Å². The number of carbonyl (C=O) groups is 2. The maximum atomic E-state index is 10.4. The molecule has 10 heavy (non-hydrogen) atoms. The molecule has 4 nitrogen and oxygen atoms in total. The van der Waals surface area contributed by atoms with Gasteiger partial charge in [0.25, 0.3) is 0 Å². The van der Waals surface area contributed by atoms with Gasteiger partial charge >= 0.3 is 5.97 Å². The molecular formula is C6H10O4. The second kappa shape index (κ2) is 4.93. The van der Waals surface area contributed by atoms with Crippen LogP contribution in [-0.4, -0.2) is 30.1 Å². The maximum absolute atomic E-state index is 10.4. The molecule has 1 unspecified atom stereocenters. The van der Waals surface area contributed by atoms with Gasteiger partial charge < -0.3 is 14.6 Å². The van der Waals surface area contributed by atoms with Crippen LogP contribution < -0.4 is 0 Å². The lowest BCUT2D eigenvalue weighted by molar-refractivity contribution is -0.152. The van der Waals surface area contributed by atoms with Crippen molar-refractivity contribution in [2.75, 3.05) is 6.61 Å². The molecule has 58 valence electrons. The van der Waals surface area contributed by atoms with E-state index >= 15 is 0 Å². The molecule has 0 aromatic rings. The van der Waals surface area contributed by atoms with Gasteiger partial charge in [-0.15, -0.1) is 0 Å². The molecule has 0 saturated carbocycles. The minimum Gasteiger partial charge on any atom is -0.463 e. The van der Waals surface area contributed by atoms with Crippen molar-refractivity contribution in [1.29, 1.82) is 0 Å². The molecule has 0 bridgehead atoms. The predicted octanol–water partition coefficient (Wildman–Crippen LogP) is -0.501. The molecule has 0 radical (unpaired) electrons. The standard InChI is InChI=1S/C6H10O4/c1-5(8)6(9)10-4-2-3-7/h3,5,8H,2,4H2,1H3. The Morgan fingerprint density at radius 3 is 2.80 bits per heavy atom. The first kappa shape index (κ1) is 9.10. The van der Waals surface area contributed by atoms with Crippen LogP contribution >= 0.6 is 0 Å². The smallest absolute Gasteiger partial charge is 0.334 e. The zero-order valence-electron chi connectivity index (χ0n) is 5.74. The van der Waals surface area contributed by atoms with Crippen molar-refractivity contribution in [2.45, 2.75) is 19.4 Å². The third-order valence-corrected chi connectivity index (χ3v) is 0.821. The molecule has 1 atom stereocenters. The highest BCUT2D eigenvalue weighted by atomic mass is 16.5. The molecule has 0 heterocycles. The zero-order chi connectivity index (χ0) is 7.98. The fraction of sp³-hybridized carbons (Fsp3) is 0.667. The second-order valence-corrected chi connectivity index (χ2v) is 1.80. The molecule has 0 fully saturated rings. The Balaban J connectivity index is 3.30. The number of hydrogen-bond donors (Lipinski definition) is 1. The van der Waals surface area contributed by atoms with E-state index in [9.17, 15) is 9.59 Å². The topological polar surface area (TPSA) is 63.6 Å². The van der Waals surface area contributed by atoms with Crippen LogP contribution in [0.3, 0.4) is 0 Å². The summed E-state index contributed by atoms with van der Waals surface area (Å²) in [6, 6.07) is 0. The SMILES string of the molecule is CC(O)C(=O)OCCC=O. The minimum absolute atomic E-state index is 0.0488. The molecule has 4 heteroatoms. The van der Waals surface area contributed by atoms with Crippen molar-refractivity contribution in [1.82, 2.24) is 0 Å². The Hall–Kier alpha value is -0.900. The third kappa shape index (κ3) is 4.03. The average Bonchev–Trinajstić information content (AvgIpc) is 1.88. The zero-order valence-corrected chi connectivity index (χ0v) is 5.74. The van der Waals surface area contributed by atoms with Gasteiger partial charge in [-0.2, -0.15) is 0 Å². The number of aliphatic hydroxyl groups excluding tert-OH is 1. The summed E-state index contributed by atoms with van der Waals surface area (Å²) >= 11 is 0. The summed E-state index contributed by atoms with van der Waals surface area (Å²) in [6.07, 6.45) is -0.278. The highest BCUT2D eigenvalue weighted by Crippen LogP contribution is 1.86. The molecule has 0 aliphatic carbocycles. The molecule has 0 rings (SSSR count). The van der Waals surface area contributed by atoms with Gasteiger partial charge in [-0.1, -0.05) is 0 Å². The van der Waals surface area contributed by atoms with Crippen molar-refractivity contribution in [3.63, 3.8) is 0 Å². The summed E-state index contributed by atoms with van der Waals surface area (Å²) in [5, 5.41) is 8.56.